The van der Waals surface area contributed by atoms with Gasteiger partial charge in [-0.2, -0.15) is 0 Å². The van der Waals surface area contributed by atoms with Gasteiger partial charge in [0.1, 0.15) is 19.3 Å². The number of rotatable bonds is 40. The second-order valence-electron chi connectivity index (χ2n) is 13.3. The minimum absolute atomic E-state index is 0.0144. The van der Waals surface area contributed by atoms with Gasteiger partial charge >= 0.3 is 11.9 Å². The van der Waals surface area contributed by atoms with Gasteiger partial charge in [0.25, 0.3) is 0 Å². The number of carboxylic acid groups (broad SMARTS) is 2. The maximum absolute atomic E-state index is 12.3. The van der Waals surface area contributed by atoms with E-state index in [0.29, 0.717) is 26.2 Å². The van der Waals surface area contributed by atoms with Crippen molar-refractivity contribution in [2.75, 3.05) is 73.0 Å². The largest absolute Gasteiger partial charge is 0.481 e. The lowest BCUT2D eigenvalue weighted by atomic mass is 10.0. The van der Waals surface area contributed by atoms with Crippen LogP contribution in [0.15, 0.2) is 0 Å². The van der Waals surface area contributed by atoms with Crippen molar-refractivity contribution in [1.29, 1.82) is 0 Å². The molecule has 4 amide bonds. The Morgan fingerprint density at radius 3 is 1.31 bits per heavy atom. The molecule has 0 radical (unpaired) electrons. The summed E-state index contributed by atoms with van der Waals surface area (Å²) in [5, 5.41) is 28.4. The lowest BCUT2D eigenvalue weighted by molar-refractivity contribution is -0.142. The molecule has 314 valence electrons. The van der Waals surface area contributed by atoms with Crippen LogP contribution in [0.5, 0.6) is 0 Å². The number of amides is 4. The van der Waals surface area contributed by atoms with Crippen LogP contribution in [0.2, 0.25) is 0 Å². The van der Waals surface area contributed by atoms with Crippen molar-refractivity contribution in [2.24, 2.45) is 0 Å². The Morgan fingerprint density at radius 2 is 0.870 bits per heavy atom. The zero-order valence-corrected chi connectivity index (χ0v) is 32.8. The summed E-state index contributed by atoms with van der Waals surface area (Å²) in [4.78, 5) is 69.3. The molecule has 54 heavy (non-hydrogen) atoms. The van der Waals surface area contributed by atoms with Gasteiger partial charge in [-0.1, -0.05) is 89.9 Å². The van der Waals surface area contributed by atoms with Gasteiger partial charge in [-0.05, 0) is 19.3 Å². The molecule has 1 unspecified atom stereocenters. The number of ether oxygens (including phenoxy) is 4. The first-order chi connectivity index (χ1) is 26.1. The van der Waals surface area contributed by atoms with Gasteiger partial charge in [-0.25, -0.2) is 4.79 Å². The van der Waals surface area contributed by atoms with Crippen molar-refractivity contribution in [3.63, 3.8) is 0 Å². The molecule has 0 aromatic carbocycles. The van der Waals surface area contributed by atoms with Gasteiger partial charge in [0.15, 0.2) is 0 Å². The smallest absolute Gasteiger partial charge is 0.326 e. The number of hydrogen-bond acceptors (Lipinski definition) is 10. The molecule has 0 bridgehead atoms. The Hall–Kier alpha value is -3.34. The van der Waals surface area contributed by atoms with Crippen LogP contribution in [-0.2, 0) is 47.7 Å². The van der Waals surface area contributed by atoms with E-state index >= 15 is 0 Å². The first kappa shape index (κ1) is 50.7. The van der Waals surface area contributed by atoms with Gasteiger partial charge in [0.2, 0.25) is 23.6 Å². The van der Waals surface area contributed by atoms with Crippen LogP contribution in [0.1, 0.15) is 128 Å². The SMILES string of the molecule is CNC(=O)COCCOCCNC(=O)COCCOCCNC(=O)CCC(NC(=O)CCCCCCCCCCCCCCCCCCC(=O)O)C(=O)O. The number of aliphatic carboxylic acids is 2. The van der Waals surface area contributed by atoms with E-state index in [1.165, 1.54) is 64.8 Å². The highest BCUT2D eigenvalue weighted by Gasteiger charge is 2.20. The molecule has 0 spiro atoms. The minimum atomic E-state index is -1.17. The molecule has 6 N–H and O–H groups in total. The van der Waals surface area contributed by atoms with E-state index in [-0.39, 0.29) is 95.5 Å². The molecule has 0 aliphatic heterocycles. The molecule has 0 heterocycles. The maximum atomic E-state index is 12.3. The second-order valence-corrected chi connectivity index (χ2v) is 13.3. The molecular formula is C38H70N4O12. The van der Waals surface area contributed by atoms with Gasteiger partial charge in [-0.15, -0.1) is 0 Å². The third kappa shape index (κ3) is 37.0. The van der Waals surface area contributed by atoms with Crippen molar-refractivity contribution in [2.45, 2.75) is 134 Å². The zero-order chi connectivity index (χ0) is 39.9. The molecular weight excluding hydrogens is 704 g/mol. The highest BCUT2D eigenvalue weighted by molar-refractivity contribution is 5.84. The summed E-state index contributed by atoms with van der Waals surface area (Å²) in [7, 11) is 1.52. The Bertz CT molecular complexity index is 1000. The molecule has 1 atom stereocenters. The van der Waals surface area contributed by atoms with Crippen molar-refractivity contribution in [3.8, 4) is 0 Å². The summed E-state index contributed by atoms with van der Waals surface area (Å²) in [6.45, 7) is 1.85. The lowest BCUT2D eigenvalue weighted by Crippen LogP contribution is -2.41. The summed E-state index contributed by atoms with van der Waals surface area (Å²) in [5.41, 5.74) is 0. The van der Waals surface area contributed by atoms with E-state index in [0.717, 1.165) is 38.5 Å². The van der Waals surface area contributed by atoms with Crippen LogP contribution in [0.3, 0.4) is 0 Å². The monoisotopic (exact) mass is 774 g/mol. The fourth-order valence-electron chi connectivity index (χ4n) is 5.34. The number of unbranched alkanes of at least 4 members (excludes halogenated alkanes) is 15. The first-order valence-corrected chi connectivity index (χ1v) is 19.9. The number of likely N-dealkylation sites (N-methyl/N-ethyl adjacent to an activating group) is 1. The topological polar surface area (TPSA) is 228 Å². The van der Waals surface area contributed by atoms with E-state index in [2.05, 4.69) is 21.3 Å². The third-order valence-corrected chi connectivity index (χ3v) is 8.46. The Balaban J connectivity index is 3.64. The predicted octanol–water partition coefficient (Wildman–Crippen LogP) is 3.49. The minimum Gasteiger partial charge on any atom is -0.481 e. The Kier molecular flexibility index (Phi) is 35.6. The fourth-order valence-corrected chi connectivity index (χ4v) is 5.34. The molecule has 16 nitrogen and oxygen atoms in total. The van der Waals surface area contributed by atoms with E-state index in [4.69, 9.17) is 24.1 Å². The van der Waals surface area contributed by atoms with E-state index in [1.54, 1.807) is 0 Å². The average molecular weight is 775 g/mol. The summed E-state index contributed by atoms with van der Waals surface area (Å²) >= 11 is 0. The van der Waals surface area contributed by atoms with Gasteiger partial charge in [0, 0.05) is 39.4 Å². The van der Waals surface area contributed by atoms with E-state index < -0.39 is 18.0 Å². The molecule has 16 heteroatoms. The zero-order valence-electron chi connectivity index (χ0n) is 32.8. The van der Waals surface area contributed by atoms with Crippen molar-refractivity contribution < 1.29 is 57.9 Å². The van der Waals surface area contributed by atoms with Crippen LogP contribution in [0.4, 0.5) is 0 Å². The average Bonchev–Trinajstić information content (AvgIpc) is 3.14. The maximum Gasteiger partial charge on any atom is 0.326 e. The summed E-state index contributed by atoms with van der Waals surface area (Å²) in [5.74, 6) is -3.05. The first-order valence-electron chi connectivity index (χ1n) is 19.9. The Labute approximate surface area is 321 Å². The van der Waals surface area contributed by atoms with Crippen LogP contribution >= 0.6 is 0 Å². The van der Waals surface area contributed by atoms with Crippen molar-refractivity contribution in [1.82, 2.24) is 21.3 Å². The molecule has 0 aromatic rings. The molecule has 0 fully saturated rings. The number of nitrogens with one attached hydrogen (secondary N) is 4. The molecule has 0 aliphatic rings. The van der Waals surface area contributed by atoms with E-state index in [1.807, 2.05) is 0 Å². The fraction of sp³-hybridized carbons (Fsp3) is 0.842. The number of hydrogen-bond donors (Lipinski definition) is 6. The van der Waals surface area contributed by atoms with E-state index in [9.17, 15) is 33.9 Å². The quantitative estimate of drug-likeness (QED) is 0.0492. The van der Waals surface area contributed by atoms with Gasteiger partial charge in [0.05, 0.1) is 39.6 Å². The van der Waals surface area contributed by atoms with Crippen LogP contribution in [-0.4, -0.2) is 125 Å². The van der Waals surface area contributed by atoms with Crippen molar-refractivity contribution >= 4 is 35.6 Å². The number of carbonyl (C=O) groups is 6. The summed E-state index contributed by atoms with van der Waals surface area (Å²) in [6, 6.07) is -1.13. The molecule has 0 aromatic heterocycles. The summed E-state index contributed by atoms with van der Waals surface area (Å²) < 4.78 is 21.0. The summed E-state index contributed by atoms with van der Waals surface area (Å²) in [6.07, 6.45) is 18.4. The van der Waals surface area contributed by atoms with Crippen LogP contribution < -0.4 is 21.3 Å². The number of carboxylic acids is 2. The number of carbonyl (C=O) groups excluding carboxylic acids is 4. The highest BCUT2D eigenvalue weighted by atomic mass is 16.5. The standard InChI is InChI=1S/C38H70N4O12/c1-39-35(45)30-53-28-26-52-25-23-41-36(46)31-54-29-27-51-24-22-40-33(43)21-20-32(38(49)50)42-34(44)18-16-14-12-10-8-6-4-2-3-5-7-9-11-13-15-17-19-37(47)48/h32H,2-31H2,1H3,(H,39,45)(H,40,43)(H,41,46)(H,42,44)(H,47,48)(H,49,50). The van der Waals surface area contributed by atoms with Crippen molar-refractivity contribution in [3.05, 3.63) is 0 Å². The normalized spacial score (nSPS) is 11.5. The Morgan fingerprint density at radius 1 is 0.463 bits per heavy atom. The highest BCUT2D eigenvalue weighted by Crippen LogP contribution is 2.14. The van der Waals surface area contributed by atoms with Gasteiger partial charge in [-0.3, -0.25) is 24.0 Å². The molecule has 0 saturated heterocycles. The van der Waals surface area contributed by atoms with Crippen LogP contribution in [0.25, 0.3) is 0 Å². The molecule has 0 aliphatic carbocycles. The second kappa shape index (κ2) is 38.0. The predicted molar refractivity (Wildman–Crippen MR) is 203 cm³/mol. The third-order valence-electron chi connectivity index (χ3n) is 8.46. The van der Waals surface area contributed by atoms with Gasteiger partial charge < -0.3 is 50.4 Å². The van der Waals surface area contributed by atoms with Crippen LogP contribution in [0, 0.1) is 0 Å². The molecule has 0 saturated carbocycles. The lowest BCUT2D eigenvalue weighted by Gasteiger charge is -2.14. The molecule has 0 rings (SSSR count).